The van der Waals surface area contributed by atoms with Crippen molar-refractivity contribution >= 4 is 16.8 Å². The molecule has 0 fully saturated rings. The van der Waals surface area contributed by atoms with E-state index in [9.17, 15) is 15.1 Å². The maximum atomic E-state index is 12.5. The van der Waals surface area contributed by atoms with Gasteiger partial charge in [-0.1, -0.05) is 48.5 Å². The van der Waals surface area contributed by atoms with Crippen LogP contribution >= 0.6 is 0 Å². The summed E-state index contributed by atoms with van der Waals surface area (Å²) in [6.45, 7) is 0. The van der Waals surface area contributed by atoms with Gasteiger partial charge in [-0.25, -0.2) is 5.48 Å². The molecule has 1 amide bonds. The summed E-state index contributed by atoms with van der Waals surface area (Å²) in [5.41, 5.74) is 5.30. The van der Waals surface area contributed by atoms with Crippen LogP contribution in [0.2, 0.25) is 0 Å². The van der Waals surface area contributed by atoms with Crippen LogP contribution in [0.3, 0.4) is 0 Å². The first-order valence-corrected chi connectivity index (χ1v) is 8.13. The van der Waals surface area contributed by atoms with E-state index in [-0.39, 0.29) is 5.75 Å². The molecule has 5 heteroatoms. The van der Waals surface area contributed by atoms with Crippen LogP contribution in [0.4, 0.5) is 0 Å². The Morgan fingerprint density at radius 2 is 1.50 bits per heavy atom. The van der Waals surface area contributed by atoms with Gasteiger partial charge in [0.1, 0.15) is 5.75 Å². The Bertz CT molecular complexity index is 1080. The summed E-state index contributed by atoms with van der Waals surface area (Å²) in [6.07, 6.45) is 0. The Balaban J connectivity index is 2.15. The van der Waals surface area contributed by atoms with Crippen LogP contribution in [0.5, 0.6) is 5.75 Å². The summed E-state index contributed by atoms with van der Waals surface area (Å²) < 4.78 is 1.95. The monoisotopic (exact) mass is 344 g/mol. The lowest BCUT2D eigenvalue weighted by Gasteiger charge is -2.12. The smallest absolute Gasteiger partial charge is 0.277 e. The minimum Gasteiger partial charge on any atom is -0.508 e. The van der Waals surface area contributed by atoms with Crippen molar-refractivity contribution in [2.24, 2.45) is 0 Å². The van der Waals surface area contributed by atoms with Gasteiger partial charge in [0.15, 0.2) is 0 Å². The van der Waals surface area contributed by atoms with Gasteiger partial charge in [-0.2, -0.15) is 0 Å². The minimum atomic E-state index is -0.572. The van der Waals surface area contributed by atoms with Crippen molar-refractivity contribution in [3.63, 3.8) is 0 Å². The third kappa shape index (κ3) is 2.51. The van der Waals surface area contributed by atoms with Gasteiger partial charge < -0.3 is 9.67 Å². The van der Waals surface area contributed by atoms with Gasteiger partial charge in [-0.15, -0.1) is 0 Å². The standard InChI is InChI=1S/C21H16N2O3/c24-16-12-10-15(11-13-16)23-18-9-5-4-8-17(18)19(21(25)22-26)20(23)14-6-2-1-3-7-14/h1-13,24,26H,(H,22,25). The van der Waals surface area contributed by atoms with Crippen molar-refractivity contribution in [1.82, 2.24) is 10.0 Å². The first-order chi connectivity index (χ1) is 12.7. The molecule has 3 N–H and O–H groups in total. The number of phenols is 1. The number of phenolic OH excluding ortho intramolecular Hbond substituents is 1. The van der Waals surface area contributed by atoms with Crippen LogP contribution in [-0.2, 0) is 0 Å². The summed E-state index contributed by atoms with van der Waals surface area (Å²) in [4.78, 5) is 12.5. The van der Waals surface area contributed by atoms with Crippen LogP contribution < -0.4 is 5.48 Å². The van der Waals surface area contributed by atoms with Gasteiger partial charge in [-0.3, -0.25) is 10.0 Å². The third-order valence-corrected chi connectivity index (χ3v) is 4.36. The van der Waals surface area contributed by atoms with E-state index in [1.54, 1.807) is 29.7 Å². The number of carbonyl (C=O) groups is 1. The van der Waals surface area contributed by atoms with Gasteiger partial charge in [-0.05, 0) is 35.9 Å². The average molecular weight is 344 g/mol. The Morgan fingerprint density at radius 3 is 2.19 bits per heavy atom. The molecule has 4 aromatic rings. The highest BCUT2D eigenvalue weighted by Gasteiger charge is 2.24. The first kappa shape index (κ1) is 15.9. The number of para-hydroxylation sites is 1. The molecule has 1 heterocycles. The number of hydrogen-bond donors (Lipinski definition) is 3. The molecule has 5 nitrogen and oxygen atoms in total. The molecule has 1 aromatic heterocycles. The zero-order chi connectivity index (χ0) is 18.1. The number of aromatic nitrogens is 1. The van der Waals surface area contributed by atoms with Crippen LogP contribution in [0.1, 0.15) is 10.4 Å². The topological polar surface area (TPSA) is 74.5 Å². The maximum absolute atomic E-state index is 12.5. The highest BCUT2D eigenvalue weighted by molar-refractivity contribution is 6.13. The second-order valence-electron chi connectivity index (χ2n) is 5.90. The van der Waals surface area contributed by atoms with Crippen LogP contribution in [0.25, 0.3) is 27.8 Å². The Hall–Kier alpha value is -3.57. The highest BCUT2D eigenvalue weighted by atomic mass is 16.5. The second kappa shape index (κ2) is 6.38. The van der Waals surface area contributed by atoms with Crippen LogP contribution in [0.15, 0.2) is 78.9 Å². The van der Waals surface area contributed by atoms with Crippen LogP contribution in [0, 0.1) is 0 Å². The van der Waals surface area contributed by atoms with E-state index < -0.39 is 5.91 Å². The molecule has 26 heavy (non-hydrogen) atoms. The van der Waals surface area contributed by atoms with E-state index >= 15 is 0 Å². The van der Waals surface area contributed by atoms with Crippen molar-refractivity contribution in [1.29, 1.82) is 0 Å². The second-order valence-corrected chi connectivity index (χ2v) is 5.90. The summed E-state index contributed by atoms with van der Waals surface area (Å²) in [6, 6.07) is 23.8. The number of nitrogens with one attached hydrogen (secondary N) is 1. The van der Waals surface area contributed by atoms with Crippen molar-refractivity contribution < 1.29 is 15.1 Å². The molecule has 0 unspecified atom stereocenters. The molecular formula is C21H16N2O3. The number of benzene rings is 3. The Labute approximate surface area is 149 Å². The largest absolute Gasteiger partial charge is 0.508 e. The lowest BCUT2D eigenvalue weighted by atomic mass is 10.0. The Morgan fingerprint density at radius 1 is 0.846 bits per heavy atom. The average Bonchev–Trinajstić information content (AvgIpc) is 3.04. The molecule has 0 aliphatic rings. The normalized spacial score (nSPS) is 10.8. The molecular weight excluding hydrogens is 328 g/mol. The van der Waals surface area contributed by atoms with E-state index in [1.165, 1.54) is 0 Å². The number of carbonyl (C=O) groups excluding carboxylic acids is 1. The molecule has 0 aliphatic heterocycles. The van der Waals surface area contributed by atoms with Crippen molar-refractivity contribution in [2.75, 3.05) is 0 Å². The maximum Gasteiger partial charge on any atom is 0.277 e. The number of rotatable bonds is 3. The summed E-state index contributed by atoms with van der Waals surface area (Å²) in [5.74, 6) is -0.405. The van der Waals surface area contributed by atoms with Crippen molar-refractivity contribution in [2.45, 2.75) is 0 Å². The third-order valence-electron chi connectivity index (χ3n) is 4.36. The fourth-order valence-corrected chi connectivity index (χ4v) is 3.26. The van der Waals surface area contributed by atoms with E-state index in [2.05, 4.69) is 0 Å². The van der Waals surface area contributed by atoms with E-state index in [0.29, 0.717) is 11.3 Å². The molecule has 0 radical (unpaired) electrons. The minimum absolute atomic E-state index is 0.166. The first-order valence-electron chi connectivity index (χ1n) is 8.13. The van der Waals surface area contributed by atoms with Gasteiger partial charge in [0.05, 0.1) is 16.8 Å². The van der Waals surface area contributed by atoms with Gasteiger partial charge in [0.25, 0.3) is 5.91 Å². The number of fused-ring (bicyclic) bond motifs is 1. The molecule has 0 atom stereocenters. The zero-order valence-corrected chi connectivity index (χ0v) is 13.8. The molecule has 0 saturated heterocycles. The predicted molar refractivity (Wildman–Crippen MR) is 99.6 cm³/mol. The fourth-order valence-electron chi connectivity index (χ4n) is 3.26. The number of aromatic hydroxyl groups is 1. The predicted octanol–water partition coefficient (Wildman–Crippen LogP) is 4.12. The summed E-state index contributed by atoms with van der Waals surface area (Å²) in [5, 5.41) is 19.6. The summed E-state index contributed by atoms with van der Waals surface area (Å²) >= 11 is 0. The number of nitrogens with zero attached hydrogens (tertiary/aromatic N) is 1. The van der Waals surface area contributed by atoms with E-state index in [0.717, 1.165) is 22.2 Å². The lowest BCUT2D eigenvalue weighted by molar-refractivity contribution is 0.0709. The molecule has 0 bridgehead atoms. The van der Waals surface area contributed by atoms with Gasteiger partial charge in [0, 0.05) is 11.1 Å². The fraction of sp³-hybridized carbons (Fsp3) is 0. The molecule has 0 saturated carbocycles. The van der Waals surface area contributed by atoms with Gasteiger partial charge >= 0.3 is 0 Å². The highest BCUT2D eigenvalue weighted by Crippen LogP contribution is 2.36. The van der Waals surface area contributed by atoms with Crippen LogP contribution in [-0.4, -0.2) is 20.8 Å². The number of hydroxylamine groups is 1. The van der Waals surface area contributed by atoms with Crippen molar-refractivity contribution in [3.05, 3.63) is 84.4 Å². The summed E-state index contributed by atoms with van der Waals surface area (Å²) in [7, 11) is 0. The molecule has 128 valence electrons. The van der Waals surface area contributed by atoms with Crippen molar-refractivity contribution in [3.8, 4) is 22.7 Å². The van der Waals surface area contributed by atoms with Gasteiger partial charge in [0.2, 0.25) is 0 Å². The number of amides is 1. The number of hydrogen-bond acceptors (Lipinski definition) is 3. The molecule has 4 rings (SSSR count). The zero-order valence-electron chi connectivity index (χ0n) is 13.8. The lowest BCUT2D eigenvalue weighted by Crippen LogP contribution is -2.19. The quantitative estimate of drug-likeness (QED) is 0.386. The molecule has 0 spiro atoms. The van der Waals surface area contributed by atoms with E-state index in [4.69, 9.17) is 0 Å². The molecule has 0 aliphatic carbocycles. The SMILES string of the molecule is O=C(NO)c1c(-c2ccccc2)n(-c2ccc(O)cc2)c2ccccc12. The molecule has 3 aromatic carbocycles. The van der Waals surface area contributed by atoms with E-state index in [1.807, 2.05) is 59.2 Å². The Kier molecular flexibility index (Phi) is 3.91.